The summed E-state index contributed by atoms with van der Waals surface area (Å²) < 4.78 is 0. The maximum absolute atomic E-state index is 12.4. The van der Waals surface area contributed by atoms with Gasteiger partial charge < -0.3 is 0 Å². The molecule has 0 saturated carbocycles. The van der Waals surface area contributed by atoms with Crippen LogP contribution in [-0.4, -0.2) is 5.78 Å². The van der Waals surface area contributed by atoms with Gasteiger partial charge in [0.2, 0.25) is 0 Å². The first-order valence-corrected chi connectivity index (χ1v) is 10.7. The van der Waals surface area contributed by atoms with Crippen molar-refractivity contribution < 1.29 is 4.79 Å². The quantitative estimate of drug-likeness (QED) is 0.297. The maximum atomic E-state index is 12.4. The summed E-state index contributed by atoms with van der Waals surface area (Å²) in [6.07, 6.45) is 16.9. The Bertz CT molecular complexity index is 463. The predicted octanol–water partition coefficient (Wildman–Crippen LogP) is 7.76. The fourth-order valence-electron chi connectivity index (χ4n) is 3.60. The molecule has 0 radical (unpaired) electrons. The highest BCUT2D eigenvalue weighted by Crippen LogP contribution is 2.22. The zero-order valence-corrected chi connectivity index (χ0v) is 17.0. The molecule has 0 saturated heterocycles. The van der Waals surface area contributed by atoms with Crippen LogP contribution in [-0.2, 0) is 4.79 Å². The van der Waals surface area contributed by atoms with Crippen LogP contribution in [0.25, 0.3) is 0 Å². The van der Waals surface area contributed by atoms with E-state index in [4.69, 9.17) is 0 Å². The minimum absolute atomic E-state index is 0.0499. The van der Waals surface area contributed by atoms with E-state index >= 15 is 0 Å². The van der Waals surface area contributed by atoms with Crippen LogP contribution in [0.3, 0.4) is 0 Å². The smallest absolute Gasteiger partial charge is 0.140 e. The van der Waals surface area contributed by atoms with Crippen LogP contribution < -0.4 is 0 Å². The topological polar surface area (TPSA) is 17.1 Å². The molecule has 0 amide bonds. The fraction of sp³-hybridized carbons (Fsp3) is 0.708. The van der Waals surface area contributed by atoms with Crippen molar-refractivity contribution in [2.24, 2.45) is 0 Å². The molecule has 1 atom stereocenters. The molecule has 1 aromatic carbocycles. The number of hydrogen-bond donors (Lipinski definition) is 0. The lowest BCUT2D eigenvalue weighted by Gasteiger charge is -2.13. The van der Waals surface area contributed by atoms with Crippen molar-refractivity contribution >= 4 is 5.78 Å². The van der Waals surface area contributed by atoms with Crippen LogP contribution in [0.1, 0.15) is 114 Å². The number of ketones is 1. The maximum Gasteiger partial charge on any atom is 0.140 e. The third kappa shape index (κ3) is 9.82. The molecule has 0 aliphatic heterocycles. The molecule has 25 heavy (non-hydrogen) atoms. The van der Waals surface area contributed by atoms with Gasteiger partial charge in [0, 0.05) is 12.3 Å². The van der Waals surface area contributed by atoms with Crippen molar-refractivity contribution in [2.75, 3.05) is 0 Å². The van der Waals surface area contributed by atoms with Crippen LogP contribution in [0.2, 0.25) is 0 Å². The second-order valence-corrected chi connectivity index (χ2v) is 7.68. The van der Waals surface area contributed by atoms with E-state index in [0.717, 1.165) is 12.8 Å². The van der Waals surface area contributed by atoms with Gasteiger partial charge in [-0.2, -0.15) is 0 Å². The molecule has 1 unspecified atom stereocenters. The Hall–Kier alpha value is -1.11. The molecule has 0 fully saturated rings. The highest BCUT2D eigenvalue weighted by Gasteiger charge is 2.15. The first-order chi connectivity index (χ1) is 12.2. The standard InChI is InChI=1S/C24H40O/c1-4-5-6-7-8-9-10-11-12-13-14-15-20-24(25)22(3)23-19-17-16-18-21(23)2/h16-19,22H,4-15,20H2,1-3H3. The SMILES string of the molecule is CCCCCCCCCCCCCCC(=O)C(C)c1ccccc1C. The first kappa shape index (κ1) is 21.9. The minimum Gasteiger partial charge on any atom is -0.299 e. The molecule has 0 N–H and O–H groups in total. The Labute approximate surface area is 156 Å². The van der Waals surface area contributed by atoms with Crippen LogP contribution in [0, 0.1) is 6.92 Å². The van der Waals surface area contributed by atoms with Crippen molar-refractivity contribution in [3.63, 3.8) is 0 Å². The molecular weight excluding hydrogens is 304 g/mol. The second kappa shape index (κ2) is 14.1. The normalized spacial score (nSPS) is 12.3. The predicted molar refractivity (Wildman–Crippen MR) is 110 cm³/mol. The molecular formula is C24H40O. The molecule has 142 valence electrons. The number of Topliss-reactive ketones (excluding diaryl/α,β-unsaturated/α-hetero) is 1. The van der Waals surface area contributed by atoms with E-state index in [1.807, 2.05) is 12.1 Å². The Morgan fingerprint density at radius 2 is 1.28 bits per heavy atom. The van der Waals surface area contributed by atoms with Crippen molar-refractivity contribution in [1.82, 2.24) is 0 Å². The van der Waals surface area contributed by atoms with Gasteiger partial charge in [-0.25, -0.2) is 0 Å². The van der Waals surface area contributed by atoms with Gasteiger partial charge in [-0.3, -0.25) is 4.79 Å². The average Bonchev–Trinajstić information content (AvgIpc) is 2.62. The zero-order chi connectivity index (χ0) is 18.3. The second-order valence-electron chi connectivity index (χ2n) is 7.68. The van der Waals surface area contributed by atoms with Gasteiger partial charge in [-0.1, -0.05) is 109 Å². The highest BCUT2D eigenvalue weighted by atomic mass is 16.1. The number of carbonyl (C=O) groups excluding carboxylic acids is 1. The first-order valence-electron chi connectivity index (χ1n) is 10.7. The molecule has 1 nitrogen and oxygen atoms in total. The summed E-state index contributed by atoms with van der Waals surface area (Å²) in [7, 11) is 0. The Morgan fingerprint density at radius 3 is 1.80 bits per heavy atom. The average molecular weight is 345 g/mol. The Morgan fingerprint density at radius 1 is 0.800 bits per heavy atom. The minimum atomic E-state index is 0.0499. The zero-order valence-electron chi connectivity index (χ0n) is 17.0. The van der Waals surface area contributed by atoms with Gasteiger partial charge in [-0.15, -0.1) is 0 Å². The van der Waals surface area contributed by atoms with Gasteiger partial charge in [0.05, 0.1) is 0 Å². The number of unbranched alkanes of at least 4 members (excludes halogenated alkanes) is 11. The molecule has 0 spiro atoms. The van der Waals surface area contributed by atoms with E-state index in [0.29, 0.717) is 5.78 Å². The van der Waals surface area contributed by atoms with E-state index < -0.39 is 0 Å². The van der Waals surface area contributed by atoms with Crippen molar-refractivity contribution in [3.8, 4) is 0 Å². The summed E-state index contributed by atoms with van der Waals surface area (Å²) in [6.45, 7) is 6.44. The molecule has 0 aliphatic carbocycles. The van der Waals surface area contributed by atoms with Gasteiger partial charge >= 0.3 is 0 Å². The molecule has 0 heterocycles. The molecule has 1 rings (SSSR count). The van der Waals surface area contributed by atoms with E-state index in [-0.39, 0.29) is 5.92 Å². The van der Waals surface area contributed by atoms with E-state index in [1.54, 1.807) is 0 Å². The van der Waals surface area contributed by atoms with E-state index in [2.05, 4.69) is 32.9 Å². The molecule has 0 aromatic heterocycles. The van der Waals surface area contributed by atoms with Crippen molar-refractivity contribution in [3.05, 3.63) is 35.4 Å². The molecule has 1 aromatic rings. The van der Waals surface area contributed by atoms with Gasteiger partial charge in [0.15, 0.2) is 0 Å². The fourth-order valence-corrected chi connectivity index (χ4v) is 3.60. The van der Waals surface area contributed by atoms with Gasteiger partial charge in [0.25, 0.3) is 0 Å². The van der Waals surface area contributed by atoms with Crippen molar-refractivity contribution in [1.29, 1.82) is 0 Å². The van der Waals surface area contributed by atoms with Crippen LogP contribution >= 0.6 is 0 Å². The molecule has 0 aliphatic rings. The number of aryl methyl sites for hydroxylation is 1. The summed E-state index contributed by atoms with van der Waals surface area (Å²) in [4.78, 5) is 12.4. The summed E-state index contributed by atoms with van der Waals surface area (Å²) in [6, 6.07) is 8.28. The number of carbonyl (C=O) groups is 1. The van der Waals surface area contributed by atoms with Gasteiger partial charge in [0.1, 0.15) is 5.78 Å². The lowest BCUT2D eigenvalue weighted by atomic mass is 9.90. The summed E-state index contributed by atoms with van der Waals surface area (Å²) >= 11 is 0. The number of benzene rings is 1. The summed E-state index contributed by atoms with van der Waals surface area (Å²) in [5, 5.41) is 0. The Kier molecular flexibility index (Phi) is 12.4. The van der Waals surface area contributed by atoms with Crippen molar-refractivity contribution in [2.45, 2.75) is 110 Å². The number of rotatable bonds is 15. The monoisotopic (exact) mass is 344 g/mol. The van der Waals surface area contributed by atoms with Crippen LogP contribution in [0.15, 0.2) is 24.3 Å². The summed E-state index contributed by atoms with van der Waals surface area (Å²) in [5.41, 5.74) is 2.43. The van der Waals surface area contributed by atoms with E-state index in [1.165, 1.54) is 81.8 Å². The molecule has 0 bridgehead atoms. The largest absolute Gasteiger partial charge is 0.299 e. The molecule has 1 heteroatoms. The van der Waals surface area contributed by atoms with E-state index in [9.17, 15) is 4.79 Å². The summed E-state index contributed by atoms with van der Waals surface area (Å²) in [5.74, 6) is 0.454. The van der Waals surface area contributed by atoms with Crippen LogP contribution in [0.5, 0.6) is 0 Å². The third-order valence-electron chi connectivity index (χ3n) is 5.41. The lowest BCUT2D eigenvalue weighted by Crippen LogP contribution is -2.10. The third-order valence-corrected chi connectivity index (χ3v) is 5.41. The van der Waals surface area contributed by atoms with Gasteiger partial charge in [-0.05, 0) is 24.5 Å². The highest BCUT2D eigenvalue weighted by molar-refractivity contribution is 5.85. The van der Waals surface area contributed by atoms with Crippen LogP contribution in [0.4, 0.5) is 0 Å². The lowest BCUT2D eigenvalue weighted by molar-refractivity contribution is -0.120. The number of hydrogen-bond acceptors (Lipinski definition) is 1. The Balaban J connectivity index is 1.99.